The Bertz CT molecular complexity index is 699. The molecule has 1 aromatic carbocycles. The molecule has 1 aliphatic rings. The molecule has 2 aromatic rings. The fourth-order valence-electron chi connectivity index (χ4n) is 2.60. The SMILES string of the molecule is COC/C=C/c1cc([N+](=O)[O-])cc2ccn(CC3CC3)c12. The third-order valence-electron chi connectivity index (χ3n) is 3.80. The van der Waals surface area contributed by atoms with Gasteiger partial charge in [0.15, 0.2) is 0 Å². The van der Waals surface area contributed by atoms with Crippen LogP contribution in [-0.4, -0.2) is 23.2 Å². The lowest BCUT2D eigenvalue weighted by atomic mass is 10.1. The molecule has 3 rings (SSSR count). The summed E-state index contributed by atoms with van der Waals surface area (Å²) in [5.41, 5.74) is 2.07. The summed E-state index contributed by atoms with van der Waals surface area (Å²) in [5.74, 6) is 0.756. The van der Waals surface area contributed by atoms with Crippen LogP contribution in [0.1, 0.15) is 18.4 Å². The molecule has 5 heteroatoms. The molecule has 0 unspecified atom stereocenters. The minimum atomic E-state index is -0.342. The summed E-state index contributed by atoms with van der Waals surface area (Å²) in [5, 5.41) is 12.0. The van der Waals surface area contributed by atoms with Crippen LogP contribution in [-0.2, 0) is 11.3 Å². The Hall–Kier alpha value is -2.14. The average Bonchev–Trinajstić information content (AvgIpc) is 3.18. The molecule has 1 fully saturated rings. The first-order chi connectivity index (χ1) is 10.2. The predicted molar refractivity (Wildman–Crippen MR) is 82.2 cm³/mol. The van der Waals surface area contributed by atoms with Gasteiger partial charge in [-0.15, -0.1) is 0 Å². The number of nitrogens with zero attached hydrogens (tertiary/aromatic N) is 2. The molecule has 1 aromatic heterocycles. The maximum absolute atomic E-state index is 11.1. The van der Waals surface area contributed by atoms with Gasteiger partial charge in [0.25, 0.3) is 5.69 Å². The lowest BCUT2D eigenvalue weighted by Gasteiger charge is -2.07. The van der Waals surface area contributed by atoms with Gasteiger partial charge in [-0.05, 0) is 24.8 Å². The van der Waals surface area contributed by atoms with Crippen LogP contribution in [0.15, 0.2) is 30.5 Å². The van der Waals surface area contributed by atoms with Crippen LogP contribution in [0.2, 0.25) is 0 Å². The maximum atomic E-state index is 11.1. The van der Waals surface area contributed by atoms with Crippen LogP contribution in [0, 0.1) is 16.0 Å². The molecule has 0 bridgehead atoms. The smallest absolute Gasteiger partial charge is 0.270 e. The number of hydrogen-bond donors (Lipinski definition) is 0. The van der Waals surface area contributed by atoms with E-state index in [9.17, 15) is 10.1 Å². The Kier molecular flexibility index (Phi) is 3.75. The summed E-state index contributed by atoms with van der Waals surface area (Å²) in [4.78, 5) is 10.7. The standard InChI is InChI=1S/C16H18N2O3/c1-21-8-2-3-13-9-15(18(19)20)10-14-6-7-17(16(13)14)11-12-4-5-12/h2-3,6-7,9-10,12H,4-5,8,11H2,1H3/b3-2+. The van der Waals surface area contributed by atoms with E-state index >= 15 is 0 Å². The normalized spacial score (nSPS) is 15.1. The summed E-state index contributed by atoms with van der Waals surface area (Å²) in [6.07, 6.45) is 8.37. The third-order valence-corrected chi connectivity index (χ3v) is 3.80. The van der Waals surface area contributed by atoms with Crippen LogP contribution >= 0.6 is 0 Å². The molecule has 110 valence electrons. The fraction of sp³-hybridized carbons (Fsp3) is 0.375. The highest BCUT2D eigenvalue weighted by Crippen LogP contribution is 2.34. The molecule has 0 N–H and O–H groups in total. The minimum absolute atomic E-state index is 0.128. The molecule has 0 saturated heterocycles. The first kappa shape index (κ1) is 13.8. The van der Waals surface area contributed by atoms with Gasteiger partial charge in [-0.25, -0.2) is 0 Å². The Morgan fingerprint density at radius 2 is 2.29 bits per heavy atom. The Morgan fingerprint density at radius 1 is 1.48 bits per heavy atom. The highest BCUT2D eigenvalue weighted by atomic mass is 16.6. The van der Waals surface area contributed by atoms with Crippen molar-refractivity contribution < 1.29 is 9.66 Å². The van der Waals surface area contributed by atoms with Gasteiger partial charge in [-0.1, -0.05) is 12.2 Å². The highest BCUT2D eigenvalue weighted by Gasteiger charge is 2.23. The maximum Gasteiger partial charge on any atom is 0.270 e. The van der Waals surface area contributed by atoms with Crippen molar-refractivity contribution in [1.29, 1.82) is 0 Å². The number of nitro benzene ring substituents is 1. The summed E-state index contributed by atoms with van der Waals surface area (Å²) in [6.45, 7) is 1.49. The van der Waals surface area contributed by atoms with Crippen LogP contribution in [0.5, 0.6) is 0 Å². The van der Waals surface area contributed by atoms with Crippen molar-refractivity contribution in [3.63, 3.8) is 0 Å². The molecule has 5 nitrogen and oxygen atoms in total. The second kappa shape index (κ2) is 5.69. The molecule has 0 aliphatic heterocycles. The van der Waals surface area contributed by atoms with E-state index in [2.05, 4.69) is 4.57 Å². The van der Waals surface area contributed by atoms with Crippen LogP contribution in [0.4, 0.5) is 5.69 Å². The van der Waals surface area contributed by atoms with Crippen molar-refractivity contribution in [3.8, 4) is 0 Å². The van der Waals surface area contributed by atoms with Gasteiger partial charge in [0, 0.05) is 42.9 Å². The lowest BCUT2D eigenvalue weighted by molar-refractivity contribution is -0.384. The van der Waals surface area contributed by atoms with Crippen molar-refractivity contribution in [2.45, 2.75) is 19.4 Å². The van der Waals surface area contributed by atoms with Crippen molar-refractivity contribution >= 4 is 22.7 Å². The second-order valence-corrected chi connectivity index (χ2v) is 5.50. The zero-order valence-electron chi connectivity index (χ0n) is 12.0. The Labute approximate surface area is 123 Å². The monoisotopic (exact) mass is 286 g/mol. The molecule has 0 atom stereocenters. The first-order valence-corrected chi connectivity index (χ1v) is 7.12. The van der Waals surface area contributed by atoms with Gasteiger partial charge in [0.1, 0.15) is 0 Å². The molecular formula is C16H18N2O3. The summed E-state index contributed by atoms with van der Waals surface area (Å²) in [6, 6.07) is 5.24. The van der Waals surface area contributed by atoms with Gasteiger partial charge in [0.05, 0.1) is 17.0 Å². The van der Waals surface area contributed by atoms with E-state index in [1.807, 2.05) is 24.4 Å². The van der Waals surface area contributed by atoms with Crippen molar-refractivity contribution in [2.24, 2.45) is 5.92 Å². The van der Waals surface area contributed by atoms with Crippen LogP contribution < -0.4 is 0 Å². The van der Waals surface area contributed by atoms with Gasteiger partial charge in [-0.3, -0.25) is 10.1 Å². The van der Waals surface area contributed by atoms with E-state index in [-0.39, 0.29) is 10.6 Å². The second-order valence-electron chi connectivity index (χ2n) is 5.50. The largest absolute Gasteiger partial charge is 0.381 e. The predicted octanol–water partition coefficient (Wildman–Crippen LogP) is 3.62. The third kappa shape index (κ3) is 2.97. The molecule has 0 radical (unpaired) electrons. The van der Waals surface area contributed by atoms with E-state index in [0.717, 1.165) is 28.9 Å². The van der Waals surface area contributed by atoms with Crippen LogP contribution in [0.3, 0.4) is 0 Å². The van der Waals surface area contributed by atoms with E-state index in [0.29, 0.717) is 6.61 Å². The number of methoxy groups -OCH3 is 1. The van der Waals surface area contributed by atoms with Gasteiger partial charge < -0.3 is 9.30 Å². The molecular weight excluding hydrogens is 268 g/mol. The van der Waals surface area contributed by atoms with Gasteiger partial charge >= 0.3 is 0 Å². The fourth-order valence-corrected chi connectivity index (χ4v) is 2.60. The minimum Gasteiger partial charge on any atom is -0.381 e. The van der Waals surface area contributed by atoms with Crippen molar-refractivity contribution in [2.75, 3.05) is 13.7 Å². The number of fused-ring (bicyclic) bond motifs is 1. The number of ether oxygens (including phenoxy) is 1. The molecule has 0 amide bonds. The summed E-state index contributed by atoms with van der Waals surface area (Å²) < 4.78 is 7.22. The topological polar surface area (TPSA) is 57.3 Å². The number of nitro groups is 1. The first-order valence-electron chi connectivity index (χ1n) is 7.12. The molecule has 1 heterocycles. The molecule has 21 heavy (non-hydrogen) atoms. The number of rotatable bonds is 6. The Morgan fingerprint density at radius 3 is 2.95 bits per heavy atom. The van der Waals surface area contributed by atoms with E-state index < -0.39 is 0 Å². The molecule has 1 saturated carbocycles. The van der Waals surface area contributed by atoms with Crippen LogP contribution in [0.25, 0.3) is 17.0 Å². The van der Waals surface area contributed by atoms with Crippen molar-refractivity contribution in [3.05, 3.63) is 46.1 Å². The molecule has 0 spiro atoms. The van der Waals surface area contributed by atoms with E-state index in [1.54, 1.807) is 19.2 Å². The quantitative estimate of drug-likeness (QED) is 0.602. The van der Waals surface area contributed by atoms with Gasteiger partial charge in [0.2, 0.25) is 0 Å². The number of hydrogen-bond acceptors (Lipinski definition) is 3. The average molecular weight is 286 g/mol. The Balaban J connectivity index is 2.08. The zero-order valence-corrected chi connectivity index (χ0v) is 12.0. The highest BCUT2D eigenvalue weighted by molar-refractivity contribution is 5.90. The van der Waals surface area contributed by atoms with E-state index in [4.69, 9.17) is 4.74 Å². The summed E-state index contributed by atoms with van der Waals surface area (Å²) in [7, 11) is 1.63. The molecule has 1 aliphatic carbocycles. The van der Waals surface area contributed by atoms with E-state index in [1.165, 1.54) is 12.8 Å². The number of aromatic nitrogens is 1. The zero-order chi connectivity index (χ0) is 14.8. The lowest BCUT2D eigenvalue weighted by Crippen LogP contribution is -1.99. The van der Waals surface area contributed by atoms with Crippen molar-refractivity contribution in [1.82, 2.24) is 4.57 Å². The number of non-ortho nitro benzene ring substituents is 1. The number of benzene rings is 1. The van der Waals surface area contributed by atoms with Gasteiger partial charge in [-0.2, -0.15) is 0 Å². The summed E-state index contributed by atoms with van der Waals surface area (Å²) >= 11 is 0.